The van der Waals surface area contributed by atoms with Crippen molar-refractivity contribution in [3.05, 3.63) is 65.7 Å². The van der Waals surface area contributed by atoms with Crippen molar-refractivity contribution < 1.29 is 19.0 Å². The van der Waals surface area contributed by atoms with Crippen molar-refractivity contribution in [1.82, 2.24) is 0 Å². The molecule has 0 aliphatic carbocycles. The molecule has 1 N–H and O–H groups in total. The van der Waals surface area contributed by atoms with Gasteiger partial charge in [-0.05, 0) is 12.1 Å². The van der Waals surface area contributed by atoms with E-state index in [1.54, 1.807) is 42.5 Å². The Labute approximate surface area is 103 Å². The van der Waals surface area contributed by atoms with E-state index in [2.05, 4.69) is 0 Å². The number of carbonyl (C=O) groups is 1. The number of aromatic carboxylic acids is 1. The Morgan fingerprint density at radius 2 is 1.67 bits per heavy atom. The minimum atomic E-state index is -1.69. The monoisotopic (exact) mass is 246 g/mol. The number of ether oxygens (including phenoxy) is 1. The molecule has 0 amide bonds. The maximum atomic E-state index is 13.8. The number of rotatable bonds is 4. The van der Waals surface area contributed by atoms with Crippen molar-refractivity contribution in [2.45, 2.75) is 6.36 Å². The maximum Gasteiger partial charge on any atom is 0.339 e. The van der Waals surface area contributed by atoms with Crippen molar-refractivity contribution in [1.29, 1.82) is 0 Å². The Hall–Kier alpha value is -2.36. The molecule has 2 aromatic rings. The van der Waals surface area contributed by atoms with Gasteiger partial charge in [0, 0.05) is 5.56 Å². The molecule has 0 aromatic heterocycles. The molecule has 0 radical (unpaired) electrons. The van der Waals surface area contributed by atoms with Gasteiger partial charge in [0.25, 0.3) is 6.36 Å². The highest BCUT2D eigenvalue weighted by Gasteiger charge is 2.16. The van der Waals surface area contributed by atoms with E-state index < -0.39 is 12.3 Å². The lowest BCUT2D eigenvalue weighted by molar-refractivity contribution is 0.0592. The van der Waals surface area contributed by atoms with Crippen LogP contribution in [0.1, 0.15) is 22.3 Å². The number of halogens is 1. The van der Waals surface area contributed by atoms with Gasteiger partial charge in [-0.3, -0.25) is 0 Å². The summed E-state index contributed by atoms with van der Waals surface area (Å²) in [5.41, 5.74) is 0.286. The Kier molecular flexibility index (Phi) is 3.57. The number of alkyl halides is 1. The molecule has 2 aromatic carbocycles. The Morgan fingerprint density at radius 1 is 1.06 bits per heavy atom. The molecule has 1 atom stereocenters. The summed E-state index contributed by atoms with van der Waals surface area (Å²) < 4.78 is 18.9. The zero-order chi connectivity index (χ0) is 13.0. The molecule has 0 bridgehead atoms. The van der Waals surface area contributed by atoms with Crippen LogP contribution in [-0.4, -0.2) is 11.1 Å². The van der Waals surface area contributed by atoms with Gasteiger partial charge in [-0.2, -0.15) is 4.39 Å². The van der Waals surface area contributed by atoms with Crippen LogP contribution < -0.4 is 4.74 Å². The molecule has 1 unspecified atom stereocenters. The normalized spacial score (nSPS) is 11.8. The quantitative estimate of drug-likeness (QED) is 0.898. The molecule has 0 saturated heterocycles. The van der Waals surface area contributed by atoms with Crippen LogP contribution in [0.3, 0.4) is 0 Å². The van der Waals surface area contributed by atoms with Gasteiger partial charge in [0.2, 0.25) is 0 Å². The molecule has 0 saturated carbocycles. The Balaban J connectivity index is 2.22. The highest BCUT2D eigenvalue weighted by atomic mass is 19.1. The lowest BCUT2D eigenvalue weighted by Crippen LogP contribution is -2.06. The first-order valence-corrected chi connectivity index (χ1v) is 5.36. The second-order valence-corrected chi connectivity index (χ2v) is 3.65. The molecule has 0 aliphatic rings. The lowest BCUT2D eigenvalue weighted by atomic mass is 10.2. The maximum absolute atomic E-state index is 13.8. The van der Waals surface area contributed by atoms with Crippen molar-refractivity contribution in [3.8, 4) is 5.75 Å². The van der Waals surface area contributed by atoms with Gasteiger partial charge in [-0.25, -0.2) is 4.79 Å². The summed E-state index contributed by atoms with van der Waals surface area (Å²) in [5.74, 6) is -1.13. The van der Waals surface area contributed by atoms with Crippen LogP contribution in [0.5, 0.6) is 5.75 Å². The first-order valence-electron chi connectivity index (χ1n) is 5.36. The van der Waals surface area contributed by atoms with E-state index in [4.69, 9.17) is 9.84 Å². The fourth-order valence-electron chi connectivity index (χ4n) is 1.53. The van der Waals surface area contributed by atoms with Gasteiger partial charge >= 0.3 is 5.97 Å². The highest BCUT2D eigenvalue weighted by Crippen LogP contribution is 2.26. The van der Waals surface area contributed by atoms with Gasteiger partial charge in [0.05, 0.1) is 0 Å². The van der Waals surface area contributed by atoms with Crippen LogP contribution in [0, 0.1) is 0 Å². The third-order valence-corrected chi connectivity index (χ3v) is 2.41. The summed E-state index contributed by atoms with van der Waals surface area (Å²) in [6, 6.07) is 14.3. The fourth-order valence-corrected chi connectivity index (χ4v) is 1.53. The molecule has 92 valence electrons. The topological polar surface area (TPSA) is 46.5 Å². The van der Waals surface area contributed by atoms with Crippen LogP contribution >= 0.6 is 0 Å². The average molecular weight is 246 g/mol. The summed E-state index contributed by atoms with van der Waals surface area (Å²) in [6.45, 7) is 0. The van der Waals surface area contributed by atoms with E-state index in [0.717, 1.165) is 0 Å². The minimum Gasteiger partial charge on any atom is -0.478 e. The van der Waals surface area contributed by atoms with Gasteiger partial charge in [-0.1, -0.05) is 42.5 Å². The minimum absolute atomic E-state index is 0.0151. The van der Waals surface area contributed by atoms with E-state index in [1.165, 1.54) is 12.1 Å². The number of hydrogen-bond donors (Lipinski definition) is 1. The standard InChI is InChI=1S/C14H11FO3/c15-13(10-6-2-1-3-7-10)18-12-9-5-4-8-11(12)14(16)17/h1-9,13H,(H,16,17). The van der Waals surface area contributed by atoms with Crippen molar-refractivity contribution >= 4 is 5.97 Å². The molecule has 0 fully saturated rings. The number of benzene rings is 2. The van der Waals surface area contributed by atoms with Crippen LogP contribution in [-0.2, 0) is 0 Å². The average Bonchev–Trinajstić information content (AvgIpc) is 2.40. The number of carboxylic acids is 1. The van der Waals surface area contributed by atoms with Crippen LogP contribution in [0.15, 0.2) is 54.6 Å². The Morgan fingerprint density at radius 3 is 2.33 bits per heavy atom. The highest BCUT2D eigenvalue weighted by molar-refractivity contribution is 5.90. The summed E-state index contributed by atoms with van der Waals surface area (Å²) in [7, 11) is 0. The molecule has 0 heterocycles. The van der Waals surface area contributed by atoms with Crippen LogP contribution in [0.2, 0.25) is 0 Å². The molecule has 0 spiro atoms. The SMILES string of the molecule is O=C(O)c1ccccc1OC(F)c1ccccc1. The predicted octanol–water partition coefficient (Wildman–Crippen LogP) is 3.43. The van der Waals surface area contributed by atoms with E-state index in [0.29, 0.717) is 5.56 Å². The fraction of sp³-hybridized carbons (Fsp3) is 0.0714. The largest absolute Gasteiger partial charge is 0.478 e. The van der Waals surface area contributed by atoms with Crippen molar-refractivity contribution in [3.63, 3.8) is 0 Å². The third kappa shape index (κ3) is 2.66. The summed E-state index contributed by atoms with van der Waals surface area (Å²) in [6.07, 6.45) is -1.69. The van der Waals surface area contributed by atoms with Gasteiger partial charge in [-0.15, -0.1) is 0 Å². The van der Waals surface area contributed by atoms with E-state index in [-0.39, 0.29) is 11.3 Å². The molecule has 0 aliphatic heterocycles. The van der Waals surface area contributed by atoms with Crippen molar-refractivity contribution in [2.24, 2.45) is 0 Å². The first kappa shape index (κ1) is 12.1. The van der Waals surface area contributed by atoms with Gasteiger partial charge < -0.3 is 9.84 Å². The number of hydrogen-bond acceptors (Lipinski definition) is 2. The number of carboxylic acid groups (broad SMARTS) is 1. The van der Waals surface area contributed by atoms with E-state index in [9.17, 15) is 9.18 Å². The smallest absolute Gasteiger partial charge is 0.339 e. The molecular formula is C14H11FO3. The predicted molar refractivity (Wildman–Crippen MR) is 64.3 cm³/mol. The third-order valence-electron chi connectivity index (χ3n) is 2.41. The Bertz CT molecular complexity index is 540. The van der Waals surface area contributed by atoms with E-state index >= 15 is 0 Å². The van der Waals surface area contributed by atoms with Crippen molar-refractivity contribution in [2.75, 3.05) is 0 Å². The molecule has 4 heteroatoms. The molecule has 3 nitrogen and oxygen atoms in total. The van der Waals surface area contributed by atoms with Gasteiger partial charge in [0.15, 0.2) is 0 Å². The zero-order valence-electron chi connectivity index (χ0n) is 9.42. The zero-order valence-corrected chi connectivity index (χ0v) is 9.42. The summed E-state index contributed by atoms with van der Waals surface area (Å²) in [4.78, 5) is 10.9. The molecule has 2 rings (SSSR count). The van der Waals surface area contributed by atoms with Crippen LogP contribution in [0.4, 0.5) is 4.39 Å². The van der Waals surface area contributed by atoms with E-state index in [1.807, 2.05) is 0 Å². The summed E-state index contributed by atoms with van der Waals surface area (Å²) in [5, 5.41) is 8.95. The van der Waals surface area contributed by atoms with Gasteiger partial charge in [0.1, 0.15) is 11.3 Å². The number of para-hydroxylation sites is 1. The molecule has 18 heavy (non-hydrogen) atoms. The second-order valence-electron chi connectivity index (χ2n) is 3.65. The summed E-state index contributed by atoms with van der Waals surface area (Å²) >= 11 is 0. The molecular weight excluding hydrogens is 235 g/mol. The first-order chi connectivity index (χ1) is 8.68. The second kappa shape index (κ2) is 5.31. The van der Waals surface area contributed by atoms with Crippen LogP contribution in [0.25, 0.3) is 0 Å². The lowest BCUT2D eigenvalue weighted by Gasteiger charge is -2.13.